The van der Waals surface area contributed by atoms with E-state index >= 15 is 0 Å². The second kappa shape index (κ2) is 5.67. The highest BCUT2D eigenvalue weighted by Crippen LogP contribution is 2.23. The first-order chi connectivity index (χ1) is 8.29. The molecule has 0 spiro atoms. The van der Waals surface area contributed by atoms with Crippen LogP contribution in [0.25, 0.3) is 0 Å². The lowest BCUT2D eigenvalue weighted by atomic mass is 10.2. The van der Waals surface area contributed by atoms with E-state index in [0.717, 1.165) is 5.56 Å². The summed E-state index contributed by atoms with van der Waals surface area (Å²) >= 11 is 7.37. The van der Waals surface area contributed by atoms with Crippen LogP contribution in [0.5, 0.6) is 0 Å². The van der Waals surface area contributed by atoms with E-state index in [4.69, 9.17) is 16.9 Å². The van der Waals surface area contributed by atoms with Crippen molar-refractivity contribution in [2.24, 2.45) is 0 Å². The van der Waals surface area contributed by atoms with Gasteiger partial charge in [-0.1, -0.05) is 35.5 Å². The van der Waals surface area contributed by atoms with Gasteiger partial charge in [0, 0.05) is 23.2 Å². The molecule has 0 amide bonds. The summed E-state index contributed by atoms with van der Waals surface area (Å²) in [5, 5.41) is 10.2. The fourth-order valence-electron chi connectivity index (χ4n) is 1.29. The van der Waals surface area contributed by atoms with Crippen LogP contribution in [-0.4, -0.2) is 9.97 Å². The molecule has 0 saturated heterocycles. The molecule has 1 aromatic carbocycles. The molecule has 0 aliphatic rings. The van der Waals surface area contributed by atoms with E-state index in [1.54, 1.807) is 6.20 Å². The van der Waals surface area contributed by atoms with E-state index in [-0.39, 0.29) is 0 Å². The van der Waals surface area contributed by atoms with Crippen molar-refractivity contribution in [3.05, 3.63) is 52.9 Å². The summed E-state index contributed by atoms with van der Waals surface area (Å²) in [7, 11) is 0. The first-order valence-electron chi connectivity index (χ1n) is 4.88. The third-order valence-corrected chi connectivity index (χ3v) is 3.32. The Bertz CT molecular complexity index is 566. The summed E-state index contributed by atoms with van der Waals surface area (Å²) in [5.41, 5.74) is 1.46. The Kier molecular flexibility index (Phi) is 3.97. The van der Waals surface area contributed by atoms with Crippen molar-refractivity contribution in [1.82, 2.24) is 9.97 Å². The molecule has 0 aliphatic carbocycles. The molecule has 5 heteroatoms. The number of hydrogen-bond donors (Lipinski definition) is 0. The summed E-state index contributed by atoms with van der Waals surface area (Å²) < 4.78 is 0. The van der Waals surface area contributed by atoms with Crippen molar-refractivity contribution in [2.45, 2.75) is 10.8 Å². The minimum absolute atomic E-state index is 0.361. The molecule has 0 bridgehead atoms. The summed E-state index contributed by atoms with van der Waals surface area (Å²) in [4.78, 5) is 8.09. The average molecular weight is 262 g/mol. The SMILES string of the molecule is N#Cc1nccnc1SCc1cccc(Cl)c1. The van der Waals surface area contributed by atoms with Crippen LogP contribution >= 0.6 is 23.4 Å². The van der Waals surface area contributed by atoms with Crippen molar-refractivity contribution in [1.29, 1.82) is 5.26 Å². The van der Waals surface area contributed by atoms with Crippen LogP contribution in [-0.2, 0) is 5.75 Å². The zero-order valence-electron chi connectivity index (χ0n) is 8.80. The third kappa shape index (κ3) is 3.19. The van der Waals surface area contributed by atoms with Crippen molar-refractivity contribution in [2.75, 3.05) is 0 Å². The first kappa shape index (κ1) is 11.9. The Morgan fingerprint density at radius 1 is 1.29 bits per heavy atom. The number of nitrogens with zero attached hydrogens (tertiary/aromatic N) is 3. The smallest absolute Gasteiger partial charge is 0.172 e. The number of nitriles is 1. The number of rotatable bonds is 3. The molecule has 2 rings (SSSR count). The van der Waals surface area contributed by atoms with E-state index in [9.17, 15) is 0 Å². The number of thioether (sulfide) groups is 1. The number of aromatic nitrogens is 2. The Morgan fingerprint density at radius 2 is 2.12 bits per heavy atom. The summed E-state index contributed by atoms with van der Waals surface area (Å²) in [5.74, 6) is 0.716. The zero-order chi connectivity index (χ0) is 12.1. The van der Waals surface area contributed by atoms with Gasteiger partial charge in [0.05, 0.1) is 0 Å². The largest absolute Gasteiger partial charge is 0.245 e. The summed E-state index contributed by atoms with van der Waals surface area (Å²) in [6, 6.07) is 9.64. The van der Waals surface area contributed by atoms with E-state index in [1.807, 2.05) is 30.3 Å². The lowest BCUT2D eigenvalue weighted by Crippen LogP contribution is -1.90. The second-order valence-corrected chi connectivity index (χ2v) is 4.64. The normalized spacial score (nSPS) is 9.88. The zero-order valence-corrected chi connectivity index (χ0v) is 10.4. The molecule has 0 N–H and O–H groups in total. The van der Waals surface area contributed by atoms with E-state index in [2.05, 4.69) is 9.97 Å². The molecular formula is C12H8ClN3S. The van der Waals surface area contributed by atoms with Gasteiger partial charge in [-0.15, -0.1) is 0 Å². The molecule has 1 heterocycles. The van der Waals surface area contributed by atoms with Crippen LogP contribution < -0.4 is 0 Å². The molecule has 17 heavy (non-hydrogen) atoms. The van der Waals surface area contributed by atoms with E-state index in [1.165, 1.54) is 18.0 Å². The molecule has 0 unspecified atom stereocenters. The van der Waals surface area contributed by atoms with Gasteiger partial charge in [0.15, 0.2) is 5.69 Å². The quantitative estimate of drug-likeness (QED) is 0.796. The van der Waals surface area contributed by atoms with Gasteiger partial charge in [-0.25, -0.2) is 9.97 Å². The Hall–Kier alpha value is -1.57. The van der Waals surface area contributed by atoms with Crippen molar-refractivity contribution in [3.8, 4) is 6.07 Å². The summed E-state index contributed by atoms with van der Waals surface area (Å²) in [6.07, 6.45) is 3.10. The van der Waals surface area contributed by atoms with Gasteiger partial charge in [0.25, 0.3) is 0 Å². The fraction of sp³-hybridized carbons (Fsp3) is 0.0833. The van der Waals surface area contributed by atoms with Gasteiger partial charge in [-0.3, -0.25) is 0 Å². The van der Waals surface area contributed by atoms with Crippen LogP contribution in [0.4, 0.5) is 0 Å². The number of benzene rings is 1. The second-order valence-electron chi connectivity index (χ2n) is 3.24. The van der Waals surface area contributed by atoms with Crippen molar-refractivity contribution >= 4 is 23.4 Å². The van der Waals surface area contributed by atoms with Gasteiger partial charge >= 0.3 is 0 Å². The van der Waals surface area contributed by atoms with Crippen molar-refractivity contribution in [3.63, 3.8) is 0 Å². The maximum Gasteiger partial charge on any atom is 0.172 e. The Balaban J connectivity index is 2.10. The Labute approximate surface area is 108 Å². The van der Waals surface area contributed by atoms with Gasteiger partial charge in [0.2, 0.25) is 0 Å². The summed E-state index contributed by atoms with van der Waals surface area (Å²) in [6.45, 7) is 0. The predicted molar refractivity (Wildman–Crippen MR) is 67.8 cm³/mol. The first-order valence-corrected chi connectivity index (χ1v) is 6.24. The highest BCUT2D eigenvalue weighted by Gasteiger charge is 2.05. The third-order valence-electron chi connectivity index (χ3n) is 2.04. The van der Waals surface area contributed by atoms with Crippen LogP contribution in [0.3, 0.4) is 0 Å². The van der Waals surface area contributed by atoms with Gasteiger partial charge in [-0.2, -0.15) is 5.26 Å². The molecule has 3 nitrogen and oxygen atoms in total. The van der Waals surface area contributed by atoms with Gasteiger partial charge in [0.1, 0.15) is 11.1 Å². The van der Waals surface area contributed by atoms with Crippen molar-refractivity contribution < 1.29 is 0 Å². The monoisotopic (exact) mass is 261 g/mol. The van der Waals surface area contributed by atoms with Gasteiger partial charge in [-0.05, 0) is 17.7 Å². The maximum absolute atomic E-state index is 8.87. The molecule has 84 valence electrons. The lowest BCUT2D eigenvalue weighted by molar-refractivity contribution is 1.02. The molecule has 2 aromatic rings. The van der Waals surface area contributed by atoms with Crippen LogP contribution in [0.1, 0.15) is 11.3 Å². The minimum atomic E-state index is 0.361. The Morgan fingerprint density at radius 3 is 2.88 bits per heavy atom. The van der Waals surface area contributed by atoms with Crippen LogP contribution in [0.2, 0.25) is 5.02 Å². The fourth-order valence-corrected chi connectivity index (χ4v) is 2.35. The van der Waals surface area contributed by atoms with Crippen LogP contribution in [0, 0.1) is 11.3 Å². The molecular weight excluding hydrogens is 254 g/mol. The molecule has 0 fully saturated rings. The number of halogens is 1. The highest BCUT2D eigenvalue weighted by atomic mass is 35.5. The molecule has 0 radical (unpaired) electrons. The highest BCUT2D eigenvalue weighted by molar-refractivity contribution is 7.98. The molecule has 1 aromatic heterocycles. The molecule has 0 aliphatic heterocycles. The molecule has 0 atom stereocenters. The lowest BCUT2D eigenvalue weighted by Gasteiger charge is -2.02. The standard InChI is InChI=1S/C12H8ClN3S/c13-10-3-1-2-9(6-10)8-17-12-11(7-14)15-4-5-16-12/h1-6H,8H2. The minimum Gasteiger partial charge on any atom is -0.245 e. The van der Waals surface area contributed by atoms with E-state index in [0.29, 0.717) is 21.5 Å². The average Bonchev–Trinajstić information content (AvgIpc) is 2.37. The van der Waals surface area contributed by atoms with Gasteiger partial charge < -0.3 is 0 Å². The van der Waals surface area contributed by atoms with E-state index < -0.39 is 0 Å². The predicted octanol–water partition coefficient (Wildman–Crippen LogP) is 3.29. The number of hydrogen-bond acceptors (Lipinski definition) is 4. The maximum atomic E-state index is 8.87. The topological polar surface area (TPSA) is 49.6 Å². The molecule has 0 saturated carbocycles. The van der Waals surface area contributed by atoms with Crippen LogP contribution in [0.15, 0.2) is 41.7 Å².